The Morgan fingerprint density at radius 3 is 2.57 bits per heavy atom. The summed E-state index contributed by atoms with van der Waals surface area (Å²) < 4.78 is 13.2. The van der Waals surface area contributed by atoms with Gasteiger partial charge in [-0.2, -0.15) is 4.39 Å². The summed E-state index contributed by atoms with van der Waals surface area (Å²) in [6.45, 7) is 1.37. The van der Waals surface area contributed by atoms with Crippen LogP contribution in [0.2, 0.25) is 0 Å². The topological polar surface area (TPSA) is 60.2 Å². The molecule has 0 saturated heterocycles. The number of nitrogens with zero attached hydrogens (tertiary/aromatic N) is 1. The van der Waals surface area contributed by atoms with E-state index in [1.807, 2.05) is 0 Å². The van der Waals surface area contributed by atoms with Gasteiger partial charge in [0.05, 0.1) is 4.92 Å². The zero-order valence-electron chi connectivity index (χ0n) is 7.08. The van der Waals surface area contributed by atoms with Crippen LogP contribution in [0.4, 0.5) is 10.1 Å². The van der Waals surface area contributed by atoms with Crippen LogP contribution in [0.3, 0.4) is 0 Å². The maximum atomic E-state index is 13.2. The van der Waals surface area contributed by atoms with Gasteiger partial charge >= 0.3 is 5.69 Å². The molecular weight excluding hydrogens is 213 g/mol. The van der Waals surface area contributed by atoms with Crippen LogP contribution in [0.25, 0.3) is 0 Å². The van der Waals surface area contributed by atoms with Crippen molar-refractivity contribution in [1.29, 1.82) is 0 Å². The van der Waals surface area contributed by atoms with Crippen LogP contribution in [0.15, 0.2) is 12.1 Å². The van der Waals surface area contributed by atoms with Crippen LogP contribution in [0, 0.1) is 22.9 Å². The normalized spacial score (nSPS) is 9.93. The summed E-state index contributed by atoms with van der Waals surface area (Å²) in [6.07, 6.45) is 0. The van der Waals surface area contributed by atoms with Gasteiger partial charge in [0.15, 0.2) is 0 Å². The molecule has 1 aromatic carbocycles. The van der Waals surface area contributed by atoms with Gasteiger partial charge in [-0.25, -0.2) is 0 Å². The highest BCUT2D eigenvalue weighted by atomic mass is 35.5. The minimum Gasteiger partial charge on any atom is -0.275 e. The third kappa shape index (κ3) is 1.72. The highest BCUT2D eigenvalue weighted by Gasteiger charge is 2.25. The smallest absolute Gasteiger partial charge is 0.275 e. The van der Waals surface area contributed by atoms with E-state index in [2.05, 4.69) is 0 Å². The van der Waals surface area contributed by atoms with Crippen LogP contribution < -0.4 is 0 Å². The first-order chi connectivity index (χ1) is 6.45. The molecule has 0 heterocycles. The Labute approximate surface area is 83.4 Å². The zero-order valence-corrected chi connectivity index (χ0v) is 7.84. The van der Waals surface area contributed by atoms with Gasteiger partial charge in [0.1, 0.15) is 5.56 Å². The predicted molar refractivity (Wildman–Crippen MR) is 48.0 cm³/mol. The first kappa shape index (κ1) is 10.6. The van der Waals surface area contributed by atoms with E-state index in [9.17, 15) is 19.3 Å². The second-order valence-electron chi connectivity index (χ2n) is 2.62. The van der Waals surface area contributed by atoms with Crippen LogP contribution in [-0.4, -0.2) is 10.2 Å². The van der Waals surface area contributed by atoms with Crippen LogP contribution in [0.5, 0.6) is 0 Å². The van der Waals surface area contributed by atoms with E-state index in [0.29, 0.717) is 0 Å². The Bertz CT molecular complexity index is 419. The van der Waals surface area contributed by atoms with Gasteiger partial charge in [0.25, 0.3) is 5.24 Å². The summed E-state index contributed by atoms with van der Waals surface area (Å²) in [5.74, 6) is -1.03. The number of benzene rings is 1. The average molecular weight is 218 g/mol. The van der Waals surface area contributed by atoms with Crippen LogP contribution >= 0.6 is 11.6 Å². The van der Waals surface area contributed by atoms with Crippen molar-refractivity contribution in [3.8, 4) is 0 Å². The number of nitro benzene ring substituents is 1. The Balaban J connectivity index is 3.53. The molecule has 0 atom stereocenters. The van der Waals surface area contributed by atoms with Gasteiger partial charge in [-0.05, 0) is 30.2 Å². The molecule has 0 radical (unpaired) electrons. The molecule has 74 valence electrons. The summed E-state index contributed by atoms with van der Waals surface area (Å²) in [7, 11) is 0. The van der Waals surface area contributed by atoms with E-state index in [-0.39, 0.29) is 5.56 Å². The SMILES string of the molecule is Cc1ccc(C(=O)Cl)c([N+](=O)[O-])c1F. The van der Waals surface area contributed by atoms with Crippen molar-refractivity contribution < 1.29 is 14.1 Å². The fourth-order valence-electron chi connectivity index (χ4n) is 1.00. The quantitative estimate of drug-likeness (QED) is 0.434. The lowest BCUT2D eigenvalue weighted by Crippen LogP contribution is -2.02. The third-order valence-electron chi connectivity index (χ3n) is 1.70. The van der Waals surface area contributed by atoms with E-state index in [0.717, 1.165) is 6.07 Å². The van der Waals surface area contributed by atoms with Crippen molar-refractivity contribution in [2.24, 2.45) is 0 Å². The second-order valence-corrected chi connectivity index (χ2v) is 2.97. The molecule has 0 aliphatic heterocycles. The number of hydrogen-bond donors (Lipinski definition) is 0. The molecule has 1 rings (SSSR count). The largest absolute Gasteiger partial charge is 0.317 e. The standard InChI is InChI=1S/C8H5ClFNO3/c1-4-2-3-5(8(9)12)7(6(4)10)11(13)14/h2-3H,1H3. The third-order valence-corrected chi connectivity index (χ3v) is 1.91. The average Bonchev–Trinajstić information content (AvgIpc) is 2.08. The molecule has 0 bridgehead atoms. The van der Waals surface area contributed by atoms with Gasteiger partial charge in [-0.15, -0.1) is 0 Å². The lowest BCUT2D eigenvalue weighted by Gasteiger charge is -2.00. The van der Waals surface area contributed by atoms with Crippen molar-refractivity contribution in [1.82, 2.24) is 0 Å². The number of aryl methyl sites for hydroxylation is 1. The Kier molecular flexibility index (Phi) is 2.81. The van der Waals surface area contributed by atoms with Crippen molar-refractivity contribution in [3.05, 3.63) is 39.2 Å². The van der Waals surface area contributed by atoms with Crippen LogP contribution in [-0.2, 0) is 0 Å². The molecule has 0 N–H and O–H groups in total. The number of carbonyl (C=O) groups excluding carboxylic acids is 1. The maximum Gasteiger partial charge on any atom is 0.317 e. The minimum absolute atomic E-state index is 0.0957. The minimum atomic E-state index is -1.05. The predicted octanol–water partition coefficient (Wildman–Crippen LogP) is 2.42. The Morgan fingerprint density at radius 2 is 2.14 bits per heavy atom. The number of halogens is 2. The van der Waals surface area contributed by atoms with E-state index in [1.165, 1.54) is 13.0 Å². The molecule has 4 nitrogen and oxygen atoms in total. The molecule has 0 amide bonds. The van der Waals surface area contributed by atoms with Gasteiger partial charge in [0.2, 0.25) is 5.82 Å². The molecule has 0 spiro atoms. The number of hydrogen-bond acceptors (Lipinski definition) is 3. The van der Waals surface area contributed by atoms with E-state index >= 15 is 0 Å². The van der Waals surface area contributed by atoms with Crippen molar-refractivity contribution in [2.45, 2.75) is 6.92 Å². The fourth-order valence-corrected chi connectivity index (χ4v) is 1.16. The zero-order chi connectivity index (χ0) is 10.9. The molecule has 1 aromatic rings. The van der Waals surface area contributed by atoms with E-state index in [1.54, 1.807) is 0 Å². The molecule has 0 aliphatic rings. The second kappa shape index (κ2) is 3.71. The molecule has 14 heavy (non-hydrogen) atoms. The van der Waals surface area contributed by atoms with E-state index < -0.39 is 27.2 Å². The van der Waals surface area contributed by atoms with Crippen molar-refractivity contribution in [3.63, 3.8) is 0 Å². The summed E-state index contributed by atoms with van der Waals surface area (Å²) >= 11 is 5.07. The highest BCUT2D eigenvalue weighted by molar-refractivity contribution is 6.68. The lowest BCUT2D eigenvalue weighted by molar-refractivity contribution is -0.387. The number of carbonyl (C=O) groups is 1. The summed E-state index contributed by atoms with van der Waals surface area (Å²) in [6, 6.07) is 2.39. The first-order valence-corrected chi connectivity index (χ1v) is 3.96. The molecular formula is C8H5ClFNO3. The van der Waals surface area contributed by atoms with E-state index in [4.69, 9.17) is 11.6 Å². The van der Waals surface area contributed by atoms with Gasteiger partial charge < -0.3 is 0 Å². The lowest BCUT2D eigenvalue weighted by atomic mass is 10.1. The number of nitro groups is 1. The molecule has 0 unspecified atom stereocenters. The Hall–Kier alpha value is -1.49. The summed E-state index contributed by atoms with van der Waals surface area (Å²) in [4.78, 5) is 20.2. The fraction of sp³-hybridized carbons (Fsp3) is 0.125. The first-order valence-electron chi connectivity index (χ1n) is 3.58. The van der Waals surface area contributed by atoms with Gasteiger partial charge in [-0.1, -0.05) is 6.07 Å². The number of rotatable bonds is 2. The molecule has 0 aromatic heterocycles. The Morgan fingerprint density at radius 1 is 1.57 bits per heavy atom. The van der Waals surface area contributed by atoms with Crippen molar-refractivity contribution in [2.75, 3.05) is 0 Å². The van der Waals surface area contributed by atoms with Crippen LogP contribution in [0.1, 0.15) is 15.9 Å². The molecule has 0 fully saturated rings. The summed E-state index contributed by atoms with van der Waals surface area (Å²) in [5, 5.41) is 9.41. The molecule has 6 heteroatoms. The molecule has 0 saturated carbocycles. The monoisotopic (exact) mass is 217 g/mol. The summed E-state index contributed by atoms with van der Waals surface area (Å²) in [5.41, 5.74) is -1.21. The van der Waals surface area contributed by atoms with Crippen molar-refractivity contribution >= 4 is 22.5 Å². The molecule has 0 aliphatic carbocycles. The van der Waals surface area contributed by atoms with Gasteiger partial charge in [0, 0.05) is 0 Å². The van der Waals surface area contributed by atoms with Gasteiger partial charge in [-0.3, -0.25) is 14.9 Å². The maximum absolute atomic E-state index is 13.2. The highest BCUT2D eigenvalue weighted by Crippen LogP contribution is 2.26.